The maximum atomic E-state index is 11.9. The molecule has 1 fully saturated rings. The van der Waals surface area contributed by atoms with E-state index in [9.17, 15) is 4.79 Å². The van der Waals surface area contributed by atoms with E-state index in [4.69, 9.17) is 11.6 Å². The fourth-order valence-corrected chi connectivity index (χ4v) is 2.29. The topological polar surface area (TPSA) is 44.4 Å². The standard InChI is InChI=1S/C14H20ClN3O/c1-11-8-16-6-7-18(11)10-14(19)17-9-12-2-4-13(15)5-3-12/h2-5,11,16H,6-10H2,1H3,(H,17,19)/t11-/m0/s1. The molecule has 1 aliphatic rings. The zero-order valence-electron chi connectivity index (χ0n) is 11.2. The van der Waals surface area contributed by atoms with Crippen molar-refractivity contribution in [3.05, 3.63) is 34.9 Å². The van der Waals surface area contributed by atoms with E-state index in [1.165, 1.54) is 0 Å². The van der Waals surface area contributed by atoms with Crippen LogP contribution in [0.3, 0.4) is 0 Å². The number of nitrogens with zero attached hydrogens (tertiary/aromatic N) is 1. The van der Waals surface area contributed by atoms with Gasteiger partial charge in [0.2, 0.25) is 5.91 Å². The van der Waals surface area contributed by atoms with Gasteiger partial charge in [-0.3, -0.25) is 9.69 Å². The molecule has 1 amide bonds. The number of carbonyl (C=O) groups is 1. The fraction of sp³-hybridized carbons (Fsp3) is 0.500. The summed E-state index contributed by atoms with van der Waals surface area (Å²) in [5.41, 5.74) is 1.06. The summed E-state index contributed by atoms with van der Waals surface area (Å²) in [6.07, 6.45) is 0. The highest BCUT2D eigenvalue weighted by atomic mass is 35.5. The second-order valence-corrected chi connectivity index (χ2v) is 5.36. The van der Waals surface area contributed by atoms with Crippen LogP contribution in [0.2, 0.25) is 5.02 Å². The molecule has 19 heavy (non-hydrogen) atoms. The van der Waals surface area contributed by atoms with Crippen molar-refractivity contribution in [1.82, 2.24) is 15.5 Å². The molecule has 0 unspecified atom stereocenters. The third kappa shape index (κ3) is 4.49. The second kappa shape index (κ2) is 6.89. The van der Waals surface area contributed by atoms with Gasteiger partial charge in [-0.2, -0.15) is 0 Å². The van der Waals surface area contributed by atoms with Crippen LogP contribution in [0.25, 0.3) is 0 Å². The smallest absolute Gasteiger partial charge is 0.234 e. The van der Waals surface area contributed by atoms with Gasteiger partial charge in [-0.25, -0.2) is 0 Å². The molecule has 0 radical (unpaired) electrons. The van der Waals surface area contributed by atoms with Gasteiger partial charge in [0.05, 0.1) is 6.54 Å². The average molecular weight is 282 g/mol. The molecule has 2 N–H and O–H groups in total. The first-order valence-corrected chi connectivity index (χ1v) is 6.99. The molecule has 0 spiro atoms. The van der Waals surface area contributed by atoms with Crippen LogP contribution in [0.1, 0.15) is 12.5 Å². The quantitative estimate of drug-likeness (QED) is 0.873. The Bertz CT molecular complexity index is 421. The van der Waals surface area contributed by atoms with E-state index < -0.39 is 0 Å². The minimum absolute atomic E-state index is 0.0729. The molecule has 2 rings (SSSR count). The normalized spacial score (nSPS) is 20.2. The van der Waals surface area contributed by atoms with Gasteiger partial charge in [-0.15, -0.1) is 0 Å². The van der Waals surface area contributed by atoms with Crippen LogP contribution in [-0.4, -0.2) is 43.0 Å². The van der Waals surface area contributed by atoms with Crippen LogP contribution in [-0.2, 0) is 11.3 Å². The van der Waals surface area contributed by atoms with E-state index in [2.05, 4.69) is 22.5 Å². The minimum Gasteiger partial charge on any atom is -0.351 e. The van der Waals surface area contributed by atoms with Crippen molar-refractivity contribution in [2.75, 3.05) is 26.2 Å². The summed E-state index contributed by atoms with van der Waals surface area (Å²) < 4.78 is 0. The second-order valence-electron chi connectivity index (χ2n) is 4.93. The van der Waals surface area contributed by atoms with Crippen molar-refractivity contribution in [2.24, 2.45) is 0 Å². The largest absolute Gasteiger partial charge is 0.351 e. The van der Waals surface area contributed by atoms with Crippen LogP contribution < -0.4 is 10.6 Å². The molecule has 1 atom stereocenters. The third-order valence-electron chi connectivity index (χ3n) is 3.39. The molecule has 5 heteroatoms. The van der Waals surface area contributed by atoms with Gasteiger partial charge in [-0.1, -0.05) is 23.7 Å². The van der Waals surface area contributed by atoms with E-state index in [1.54, 1.807) is 0 Å². The molecule has 1 saturated heterocycles. The number of hydrogen-bond donors (Lipinski definition) is 2. The van der Waals surface area contributed by atoms with Gasteiger partial charge in [0.25, 0.3) is 0 Å². The lowest BCUT2D eigenvalue weighted by Gasteiger charge is -2.33. The van der Waals surface area contributed by atoms with Gasteiger partial charge >= 0.3 is 0 Å². The number of benzene rings is 1. The summed E-state index contributed by atoms with van der Waals surface area (Å²) in [6, 6.07) is 7.93. The Morgan fingerprint density at radius 1 is 1.47 bits per heavy atom. The molecular weight excluding hydrogens is 262 g/mol. The lowest BCUT2D eigenvalue weighted by Crippen LogP contribution is -2.52. The fourth-order valence-electron chi connectivity index (χ4n) is 2.16. The summed E-state index contributed by atoms with van der Waals surface area (Å²) >= 11 is 5.82. The Hall–Kier alpha value is -1.10. The molecule has 4 nitrogen and oxygen atoms in total. The Labute approximate surface area is 119 Å². The predicted molar refractivity (Wildman–Crippen MR) is 77.2 cm³/mol. The lowest BCUT2D eigenvalue weighted by molar-refractivity contribution is -0.123. The van der Waals surface area contributed by atoms with E-state index in [-0.39, 0.29) is 5.91 Å². The number of hydrogen-bond acceptors (Lipinski definition) is 3. The van der Waals surface area contributed by atoms with Gasteiger partial charge in [0.1, 0.15) is 0 Å². The average Bonchev–Trinajstić information content (AvgIpc) is 2.41. The molecule has 1 aromatic rings. The zero-order valence-corrected chi connectivity index (χ0v) is 11.9. The van der Waals surface area contributed by atoms with Crippen molar-refractivity contribution in [3.63, 3.8) is 0 Å². The molecular formula is C14H20ClN3O. The van der Waals surface area contributed by atoms with Gasteiger partial charge < -0.3 is 10.6 Å². The molecule has 104 valence electrons. The Morgan fingerprint density at radius 2 is 2.21 bits per heavy atom. The molecule has 1 aliphatic heterocycles. The van der Waals surface area contributed by atoms with Gasteiger partial charge in [0.15, 0.2) is 0 Å². The highest BCUT2D eigenvalue weighted by Crippen LogP contribution is 2.09. The van der Waals surface area contributed by atoms with Crippen LogP contribution in [0.5, 0.6) is 0 Å². The first-order valence-electron chi connectivity index (χ1n) is 6.61. The number of carbonyl (C=O) groups excluding carboxylic acids is 1. The third-order valence-corrected chi connectivity index (χ3v) is 3.64. The summed E-state index contributed by atoms with van der Waals surface area (Å²) in [5, 5.41) is 6.97. The van der Waals surface area contributed by atoms with Crippen molar-refractivity contribution < 1.29 is 4.79 Å². The first-order chi connectivity index (χ1) is 9.15. The van der Waals surface area contributed by atoms with Crippen LogP contribution in [0.4, 0.5) is 0 Å². The van der Waals surface area contributed by atoms with E-state index in [1.807, 2.05) is 24.3 Å². The van der Waals surface area contributed by atoms with Gasteiger partial charge in [-0.05, 0) is 24.6 Å². The summed E-state index contributed by atoms with van der Waals surface area (Å²) in [6.45, 7) is 5.99. The maximum absolute atomic E-state index is 11.9. The monoisotopic (exact) mass is 281 g/mol. The summed E-state index contributed by atoms with van der Waals surface area (Å²) in [5.74, 6) is 0.0729. The SMILES string of the molecule is C[C@H]1CNCCN1CC(=O)NCc1ccc(Cl)cc1. The maximum Gasteiger partial charge on any atom is 0.234 e. The number of amides is 1. The highest BCUT2D eigenvalue weighted by molar-refractivity contribution is 6.30. The summed E-state index contributed by atoms with van der Waals surface area (Å²) in [4.78, 5) is 14.1. The lowest BCUT2D eigenvalue weighted by atomic mass is 10.2. The molecule has 0 saturated carbocycles. The minimum atomic E-state index is 0.0729. The van der Waals surface area contributed by atoms with Crippen LogP contribution in [0, 0.1) is 0 Å². The van der Waals surface area contributed by atoms with E-state index in [0.717, 1.165) is 25.2 Å². The van der Waals surface area contributed by atoms with E-state index in [0.29, 0.717) is 24.2 Å². The number of nitrogens with one attached hydrogen (secondary N) is 2. The molecule has 1 aromatic carbocycles. The van der Waals surface area contributed by atoms with Crippen molar-refractivity contribution in [2.45, 2.75) is 19.5 Å². The molecule has 0 bridgehead atoms. The molecule has 0 aromatic heterocycles. The highest BCUT2D eigenvalue weighted by Gasteiger charge is 2.19. The Balaban J connectivity index is 1.76. The Kier molecular flexibility index (Phi) is 5.19. The van der Waals surface area contributed by atoms with Crippen LogP contribution in [0.15, 0.2) is 24.3 Å². The number of rotatable bonds is 4. The predicted octanol–water partition coefficient (Wildman–Crippen LogP) is 1.25. The van der Waals surface area contributed by atoms with Crippen molar-refractivity contribution in [3.8, 4) is 0 Å². The van der Waals surface area contributed by atoms with Crippen LogP contribution >= 0.6 is 11.6 Å². The molecule has 1 heterocycles. The van der Waals surface area contributed by atoms with Crippen molar-refractivity contribution in [1.29, 1.82) is 0 Å². The van der Waals surface area contributed by atoms with Gasteiger partial charge in [0, 0.05) is 37.2 Å². The number of piperazine rings is 1. The summed E-state index contributed by atoms with van der Waals surface area (Å²) in [7, 11) is 0. The van der Waals surface area contributed by atoms with Crippen molar-refractivity contribution >= 4 is 17.5 Å². The first kappa shape index (κ1) is 14.3. The Morgan fingerprint density at radius 3 is 2.89 bits per heavy atom. The zero-order chi connectivity index (χ0) is 13.7. The number of halogens is 1. The molecule has 0 aliphatic carbocycles. The van der Waals surface area contributed by atoms with E-state index >= 15 is 0 Å².